The second kappa shape index (κ2) is 8.45. The van der Waals surface area contributed by atoms with E-state index in [0.29, 0.717) is 11.1 Å². The summed E-state index contributed by atoms with van der Waals surface area (Å²) in [5.41, 5.74) is 3.28. The number of ketones is 1. The predicted molar refractivity (Wildman–Crippen MR) is 108 cm³/mol. The fourth-order valence-electron chi connectivity index (χ4n) is 3.10. The first kappa shape index (κ1) is 18.6. The topological polar surface area (TPSA) is 46.2 Å². The van der Waals surface area contributed by atoms with Crippen LogP contribution in [-0.2, 0) is 0 Å². The van der Waals surface area contributed by atoms with Crippen molar-refractivity contribution in [3.8, 4) is 0 Å². The Hall–Kier alpha value is -3.20. The van der Waals surface area contributed by atoms with E-state index < -0.39 is 12.0 Å². The molecule has 3 heteroatoms. The maximum absolute atomic E-state index is 13.0. The Bertz CT molecular complexity index is 902. The van der Waals surface area contributed by atoms with E-state index in [1.807, 2.05) is 86.6 Å². The first-order chi connectivity index (χ1) is 13.1. The van der Waals surface area contributed by atoms with Crippen molar-refractivity contribution in [2.75, 3.05) is 0 Å². The Morgan fingerprint density at radius 2 is 1.26 bits per heavy atom. The van der Waals surface area contributed by atoms with Crippen molar-refractivity contribution in [1.29, 1.82) is 0 Å². The molecule has 3 rings (SSSR count). The number of carbonyl (C=O) groups is 2. The molecule has 0 bridgehead atoms. The molecule has 2 atom stereocenters. The molecule has 0 heterocycles. The van der Waals surface area contributed by atoms with Gasteiger partial charge >= 0.3 is 0 Å². The molecule has 2 unspecified atom stereocenters. The summed E-state index contributed by atoms with van der Waals surface area (Å²) in [7, 11) is 0. The minimum absolute atomic E-state index is 0.00883. The van der Waals surface area contributed by atoms with Crippen LogP contribution < -0.4 is 5.32 Å². The fraction of sp³-hybridized carbons (Fsp3) is 0.167. The van der Waals surface area contributed by atoms with Crippen LogP contribution in [0.15, 0.2) is 84.9 Å². The molecule has 3 aromatic rings. The number of carbonyl (C=O) groups excluding carboxylic acids is 2. The van der Waals surface area contributed by atoms with Crippen LogP contribution in [0, 0.1) is 12.8 Å². The molecule has 1 amide bonds. The number of hydrogen-bond donors (Lipinski definition) is 1. The second-order valence-corrected chi connectivity index (χ2v) is 6.75. The molecule has 0 fully saturated rings. The number of nitrogens with one attached hydrogen (secondary N) is 1. The third-order valence-electron chi connectivity index (χ3n) is 4.73. The first-order valence-electron chi connectivity index (χ1n) is 9.08. The summed E-state index contributed by atoms with van der Waals surface area (Å²) >= 11 is 0. The highest BCUT2D eigenvalue weighted by molar-refractivity contribution is 5.99. The lowest BCUT2D eigenvalue weighted by Gasteiger charge is -2.25. The minimum Gasteiger partial charge on any atom is -0.345 e. The van der Waals surface area contributed by atoms with Crippen LogP contribution in [0.5, 0.6) is 0 Å². The van der Waals surface area contributed by atoms with Gasteiger partial charge in [-0.2, -0.15) is 0 Å². The van der Waals surface area contributed by atoms with Gasteiger partial charge in [-0.15, -0.1) is 0 Å². The molecule has 27 heavy (non-hydrogen) atoms. The van der Waals surface area contributed by atoms with E-state index in [1.54, 1.807) is 12.1 Å². The van der Waals surface area contributed by atoms with Crippen LogP contribution >= 0.6 is 0 Å². The monoisotopic (exact) mass is 357 g/mol. The maximum atomic E-state index is 13.0. The van der Waals surface area contributed by atoms with Gasteiger partial charge in [-0.25, -0.2) is 0 Å². The third-order valence-corrected chi connectivity index (χ3v) is 4.73. The van der Waals surface area contributed by atoms with Gasteiger partial charge in [0.05, 0.1) is 6.04 Å². The lowest BCUT2D eigenvalue weighted by atomic mass is 9.87. The quantitative estimate of drug-likeness (QED) is 0.632. The summed E-state index contributed by atoms with van der Waals surface area (Å²) in [6, 6.07) is 25.8. The van der Waals surface area contributed by atoms with Crippen molar-refractivity contribution in [3.63, 3.8) is 0 Å². The van der Waals surface area contributed by atoms with Crippen LogP contribution in [0.3, 0.4) is 0 Å². The van der Waals surface area contributed by atoms with Crippen molar-refractivity contribution in [2.24, 2.45) is 5.92 Å². The number of amides is 1. The van der Waals surface area contributed by atoms with E-state index in [9.17, 15) is 9.59 Å². The molecular formula is C24H23NO2. The summed E-state index contributed by atoms with van der Waals surface area (Å²) in [6.45, 7) is 3.88. The summed E-state index contributed by atoms with van der Waals surface area (Å²) in [4.78, 5) is 25.7. The van der Waals surface area contributed by atoms with Gasteiger partial charge in [0, 0.05) is 17.0 Å². The van der Waals surface area contributed by atoms with Crippen molar-refractivity contribution in [3.05, 3.63) is 107 Å². The average Bonchev–Trinajstić information content (AvgIpc) is 2.73. The molecule has 0 saturated carbocycles. The van der Waals surface area contributed by atoms with Gasteiger partial charge < -0.3 is 5.32 Å². The molecule has 136 valence electrons. The van der Waals surface area contributed by atoms with Gasteiger partial charge in [-0.05, 0) is 24.6 Å². The molecule has 3 aromatic carbocycles. The second-order valence-electron chi connectivity index (χ2n) is 6.75. The van der Waals surface area contributed by atoms with E-state index in [2.05, 4.69) is 5.32 Å². The minimum atomic E-state index is -0.411. The maximum Gasteiger partial charge on any atom is 0.251 e. The smallest absolute Gasteiger partial charge is 0.251 e. The zero-order valence-electron chi connectivity index (χ0n) is 15.6. The van der Waals surface area contributed by atoms with Crippen LogP contribution in [0.2, 0.25) is 0 Å². The number of Topliss-reactive ketones (excluding diaryl/α,β-unsaturated/α-hetero) is 1. The molecule has 3 nitrogen and oxygen atoms in total. The number of rotatable bonds is 6. The summed E-state index contributed by atoms with van der Waals surface area (Å²) in [5.74, 6) is -0.578. The molecule has 0 aliphatic rings. The van der Waals surface area contributed by atoms with Crippen LogP contribution in [0.25, 0.3) is 0 Å². The fourth-order valence-corrected chi connectivity index (χ4v) is 3.10. The molecule has 0 spiro atoms. The Kier molecular flexibility index (Phi) is 5.82. The van der Waals surface area contributed by atoms with Crippen LogP contribution in [0.4, 0.5) is 0 Å². The highest BCUT2D eigenvalue weighted by Crippen LogP contribution is 2.26. The van der Waals surface area contributed by atoms with Crippen molar-refractivity contribution < 1.29 is 9.59 Å². The Morgan fingerprint density at radius 1 is 0.741 bits per heavy atom. The zero-order valence-corrected chi connectivity index (χ0v) is 15.6. The van der Waals surface area contributed by atoms with Gasteiger partial charge in [0.25, 0.3) is 5.91 Å². The van der Waals surface area contributed by atoms with Crippen LogP contribution in [0.1, 0.15) is 44.8 Å². The van der Waals surface area contributed by atoms with Crippen LogP contribution in [-0.4, -0.2) is 11.7 Å². The van der Waals surface area contributed by atoms with Gasteiger partial charge in [-0.3, -0.25) is 9.59 Å². The Morgan fingerprint density at radius 3 is 1.81 bits per heavy atom. The Labute approximate surface area is 160 Å². The molecule has 1 N–H and O–H groups in total. The molecule has 0 saturated heterocycles. The highest BCUT2D eigenvalue weighted by atomic mass is 16.2. The molecule has 0 aliphatic carbocycles. The molecule has 0 radical (unpaired) electrons. The summed E-state index contributed by atoms with van der Waals surface area (Å²) < 4.78 is 0. The average molecular weight is 357 g/mol. The largest absolute Gasteiger partial charge is 0.345 e. The number of benzene rings is 3. The molecule has 0 aliphatic heterocycles. The number of aryl methyl sites for hydroxylation is 1. The lowest BCUT2D eigenvalue weighted by molar-refractivity contribution is 0.0860. The van der Waals surface area contributed by atoms with Gasteiger partial charge in [0.15, 0.2) is 5.78 Å². The van der Waals surface area contributed by atoms with E-state index in [-0.39, 0.29) is 11.7 Å². The Balaban J connectivity index is 1.91. The van der Waals surface area contributed by atoms with Crippen molar-refractivity contribution in [2.45, 2.75) is 19.9 Å². The lowest BCUT2D eigenvalue weighted by Crippen LogP contribution is -2.35. The van der Waals surface area contributed by atoms with Gasteiger partial charge in [-0.1, -0.05) is 85.3 Å². The van der Waals surface area contributed by atoms with E-state index in [1.165, 1.54) is 0 Å². The van der Waals surface area contributed by atoms with E-state index in [4.69, 9.17) is 0 Å². The van der Waals surface area contributed by atoms with Crippen molar-refractivity contribution in [1.82, 2.24) is 5.32 Å². The summed E-state index contributed by atoms with van der Waals surface area (Å²) in [5, 5.41) is 3.06. The first-order valence-corrected chi connectivity index (χ1v) is 9.08. The summed E-state index contributed by atoms with van der Waals surface area (Å²) in [6.07, 6.45) is 0. The van der Waals surface area contributed by atoms with Gasteiger partial charge in [0.1, 0.15) is 0 Å². The number of hydrogen-bond acceptors (Lipinski definition) is 2. The third kappa shape index (κ3) is 4.50. The van der Waals surface area contributed by atoms with Crippen molar-refractivity contribution >= 4 is 11.7 Å². The molecular weight excluding hydrogens is 334 g/mol. The molecule has 0 aromatic heterocycles. The van der Waals surface area contributed by atoms with E-state index >= 15 is 0 Å². The normalized spacial score (nSPS) is 12.8. The standard InChI is InChI=1S/C24H23NO2/c1-17-13-15-19(16-14-17)22(25-24(27)21-11-7-4-8-12-21)18(2)23(26)20-9-5-3-6-10-20/h3-16,18,22H,1-2H3,(H,25,27). The van der Waals surface area contributed by atoms with Gasteiger partial charge in [0.2, 0.25) is 0 Å². The predicted octanol–water partition coefficient (Wildman–Crippen LogP) is 4.99. The zero-order chi connectivity index (χ0) is 19.2. The SMILES string of the molecule is Cc1ccc(C(NC(=O)c2ccccc2)C(C)C(=O)c2ccccc2)cc1. The van der Waals surface area contributed by atoms with E-state index in [0.717, 1.165) is 11.1 Å². The highest BCUT2D eigenvalue weighted by Gasteiger charge is 2.28.